The highest BCUT2D eigenvalue weighted by atomic mass is 28.4. The van der Waals surface area contributed by atoms with E-state index in [1.165, 1.54) is 18.5 Å². The molecule has 1 rings (SSSR count). The molecular weight excluding hydrogens is 232 g/mol. The number of carbonyl (C=O) groups excluding carboxylic acids is 1. The van der Waals surface area contributed by atoms with Crippen LogP contribution in [0.2, 0.25) is 38.3 Å². The molecule has 0 spiro atoms. The third-order valence-electron chi connectivity index (χ3n) is 3.48. The Balaban J connectivity index is 3.05. The molecule has 0 saturated carbocycles. The van der Waals surface area contributed by atoms with Crippen molar-refractivity contribution in [3.63, 3.8) is 0 Å². The van der Waals surface area contributed by atoms with Gasteiger partial charge in [-0.05, 0) is 19.0 Å². The molecule has 1 heterocycles. The Bertz CT molecular complexity index is 308. The minimum absolute atomic E-state index is 0.0974. The molecule has 0 aromatic rings. The normalized spacial score (nSPS) is 24.4. The summed E-state index contributed by atoms with van der Waals surface area (Å²) in [5, 5.41) is 4.66. The molecule has 16 heavy (non-hydrogen) atoms. The molecule has 0 radical (unpaired) electrons. The summed E-state index contributed by atoms with van der Waals surface area (Å²) in [6.45, 7) is 12.9. The lowest BCUT2D eigenvalue weighted by Gasteiger charge is -2.49. The van der Waals surface area contributed by atoms with E-state index < -0.39 is 16.5 Å². The van der Waals surface area contributed by atoms with Gasteiger partial charge in [0.25, 0.3) is 0 Å². The first-order chi connectivity index (χ1) is 7.17. The van der Waals surface area contributed by atoms with Crippen molar-refractivity contribution in [2.45, 2.75) is 58.5 Å². The van der Waals surface area contributed by atoms with Crippen LogP contribution in [0.15, 0.2) is 5.10 Å². The summed E-state index contributed by atoms with van der Waals surface area (Å²) < 4.78 is 2.40. The van der Waals surface area contributed by atoms with Crippen LogP contribution in [0.4, 0.5) is 0 Å². The number of Topliss-reactive ketones (excluding diaryl/α,β-unsaturated/α-hetero) is 1. The van der Waals surface area contributed by atoms with E-state index in [2.05, 4.69) is 35.6 Å². The molecular formula is C11H24N2OSi2. The summed E-state index contributed by atoms with van der Waals surface area (Å²) in [7, 11) is -2.82. The highest BCUT2D eigenvalue weighted by Gasteiger charge is 2.44. The van der Waals surface area contributed by atoms with Crippen molar-refractivity contribution in [2.75, 3.05) is 0 Å². The number of carbonyl (C=O) groups is 1. The molecule has 0 N–H and O–H groups in total. The molecule has 0 aliphatic carbocycles. The van der Waals surface area contributed by atoms with E-state index >= 15 is 0 Å². The SMILES string of the molecule is CC(=O)C(C)=NN1[Si](C)(C)CCC[Si]1(C)C. The van der Waals surface area contributed by atoms with Crippen molar-refractivity contribution in [3.05, 3.63) is 0 Å². The summed E-state index contributed by atoms with van der Waals surface area (Å²) in [6.07, 6.45) is 1.35. The van der Waals surface area contributed by atoms with Crippen molar-refractivity contribution in [2.24, 2.45) is 5.10 Å². The topological polar surface area (TPSA) is 32.7 Å². The van der Waals surface area contributed by atoms with Gasteiger partial charge in [0.2, 0.25) is 0 Å². The summed E-state index contributed by atoms with van der Waals surface area (Å²) in [5.74, 6) is 0.0974. The maximum Gasteiger partial charge on any atom is 0.175 e. The molecule has 92 valence electrons. The van der Waals surface area contributed by atoms with E-state index in [0.29, 0.717) is 5.71 Å². The number of nitrogens with zero attached hydrogens (tertiary/aromatic N) is 2. The van der Waals surface area contributed by atoms with Crippen LogP contribution in [0.1, 0.15) is 20.3 Å². The average Bonchev–Trinajstić information content (AvgIpc) is 2.10. The van der Waals surface area contributed by atoms with Gasteiger partial charge in [-0.25, -0.2) is 0 Å². The van der Waals surface area contributed by atoms with E-state index in [1.54, 1.807) is 6.92 Å². The Morgan fingerprint density at radius 3 is 1.88 bits per heavy atom. The minimum Gasteiger partial charge on any atom is -0.349 e. The van der Waals surface area contributed by atoms with Crippen LogP contribution in [0.5, 0.6) is 0 Å². The van der Waals surface area contributed by atoms with Crippen LogP contribution in [0.25, 0.3) is 0 Å². The summed E-state index contributed by atoms with van der Waals surface area (Å²) in [5.41, 5.74) is 0.669. The molecule has 1 fully saturated rings. The lowest BCUT2D eigenvalue weighted by atomic mass is 10.3. The smallest absolute Gasteiger partial charge is 0.175 e. The highest BCUT2D eigenvalue weighted by molar-refractivity contribution is 6.91. The predicted molar refractivity (Wildman–Crippen MR) is 74.8 cm³/mol. The van der Waals surface area contributed by atoms with Crippen LogP contribution in [0.3, 0.4) is 0 Å². The molecule has 1 aliphatic heterocycles. The van der Waals surface area contributed by atoms with Crippen LogP contribution in [-0.4, -0.2) is 32.3 Å². The number of ketones is 1. The van der Waals surface area contributed by atoms with Gasteiger partial charge in [0.1, 0.15) is 0 Å². The zero-order valence-electron chi connectivity index (χ0n) is 11.4. The quantitative estimate of drug-likeness (QED) is 0.562. The standard InChI is InChI=1S/C11H24N2OSi2/c1-10(11(2)14)12-13-15(3,4)8-7-9-16(13,5)6/h7-9H2,1-6H3. The second-order valence-electron chi connectivity index (χ2n) is 6.03. The maximum atomic E-state index is 11.3. The molecule has 0 atom stereocenters. The minimum atomic E-state index is -1.41. The van der Waals surface area contributed by atoms with Gasteiger partial charge in [0, 0.05) is 6.92 Å². The van der Waals surface area contributed by atoms with E-state index in [0.717, 1.165) is 0 Å². The Hall–Kier alpha value is -0.426. The fourth-order valence-electron chi connectivity index (χ4n) is 2.48. The molecule has 3 nitrogen and oxygen atoms in total. The van der Waals surface area contributed by atoms with Crippen LogP contribution >= 0.6 is 0 Å². The Labute approximate surface area is 101 Å². The van der Waals surface area contributed by atoms with Crippen LogP contribution in [0, 0.1) is 0 Å². The molecule has 1 aliphatic rings. The van der Waals surface area contributed by atoms with Gasteiger partial charge in [-0.1, -0.05) is 32.6 Å². The Morgan fingerprint density at radius 1 is 1.06 bits per heavy atom. The number of hydrogen-bond acceptors (Lipinski definition) is 3. The molecule has 0 amide bonds. The number of hydrazone groups is 1. The van der Waals surface area contributed by atoms with Crippen molar-refractivity contribution >= 4 is 28.0 Å². The zero-order valence-corrected chi connectivity index (χ0v) is 13.4. The number of hydrogen-bond donors (Lipinski definition) is 0. The van der Waals surface area contributed by atoms with Gasteiger partial charge < -0.3 is 4.34 Å². The Kier molecular flexibility index (Phi) is 3.79. The predicted octanol–water partition coefficient (Wildman–Crippen LogP) is 3.07. The molecule has 0 aromatic heterocycles. The third kappa shape index (κ3) is 2.82. The van der Waals surface area contributed by atoms with Gasteiger partial charge >= 0.3 is 0 Å². The van der Waals surface area contributed by atoms with Gasteiger partial charge in [-0.2, -0.15) is 5.10 Å². The highest BCUT2D eigenvalue weighted by Crippen LogP contribution is 2.34. The zero-order chi connectivity index (χ0) is 12.6. The fraction of sp³-hybridized carbons (Fsp3) is 0.818. The van der Waals surface area contributed by atoms with E-state index in [9.17, 15) is 4.79 Å². The van der Waals surface area contributed by atoms with Gasteiger partial charge in [0.05, 0.1) is 5.71 Å². The average molecular weight is 256 g/mol. The monoisotopic (exact) mass is 256 g/mol. The van der Waals surface area contributed by atoms with Crippen molar-refractivity contribution in [3.8, 4) is 0 Å². The van der Waals surface area contributed by atoms with Gasteiger partial charge in [-0.3, -0.25) is 4.79 Å². The van der Waals surface area contributed by atoms with Crippen molar-refractivity contribution < 1.29 is 4.79 Å². The largest absolute Gasteiger partial charge is 0.349 e. The second kappa shape index (κ2) is 4.45. The first-order valence-electron chi connectivity index (χ1n) is 6.03. The molecule has 0 aromatic carbocycles. The van der Waals surface area contributed by atoms with Crippen molar-refractivity contribution in [1.29, 1.82) is 0 Å². The molecule has 0 unspecified atom stereocenters. The molecule has 0 bridgehead atoms. The van der Waals surface area contributed by atoms with Crippen LogP contribution < -0.4 is 0 Å². The fourth-order valence-corrected chi connectivity index (χ4v) is 13.4. The van der Waals surface area contributed by atoms with Gasteiger partial charge in [0.15, 0.2) is 22.3 Å². The third-order valence-corrected chi connectivity index (χ3v) is 12.8. The lowest BCUT2D eigenvalue weighted by molar-refractivity contribution is -0.111. The summed E-state index contributed by atoms with van der Waals surface area (Å²) >= 11 is 0. The van der Waals surface area contributed by atoms with Crippen molar-refractivity contribution in [1.82, 2.24) is 4.34 Å². The van der Waals surface area contributed by atoms with E-state index in [-0.39, 0.29) is 5.78 Å². The van der Waals surface area contributed by atoms with E-state index in [4.69, 9.17) is 0 Å². The number of rotatable bonds is 2. The van der Waals surface area contributed by atoms with Gasteiger partial charge in [-0.15, -0.1) is 0 Å². The first kappa shape index (κ1) is 13.6. The summed E-state index contributed by atoms with van der Waals surface area (Å²) in [4.78, 5) is 11.3. The Morgan fingerprint density at radius 2 is 1.50 bits per heavy atom. The maximum absolute atomic E-state index is 11.3. The second-order valence-corrected chi connectivity index (χ2v) is 15.6. The van der Waals surface area contributed by atoms with E-state index in [1.807, 2.05) is 6.92 Å². The molecule has 1 saturated heterocycles. The summed E-state index contributed by atoms with van der Waals surface area (Å²) in [6, 6.07) is 2.61. The van der Waals surface area contributed by atoms with Crippen LogP contribution in [-0.2, 0) is 4.79 Å². The first-order valence-corrected chi connectivity index (χ1v) is 12.3. The lowest BCUT2D eigenvalue weighted by Crippen LogP contribution is -2.62. The molecule has 5 heteroatoms.